The molecule has 28 heavy (non-hydrogen) atoms. The molecule has 2 aliphatic rings. The van der Waals surface area contributed by atoms with Crippen LogP contribution in [0.1, 0.15) is 35.1 Å². The number of likely N-dealkylation sites (tertiary alicyclic amines) is 1. The summed E-state index contributed by atoms with van der Waals surface area (Å²) < 4.78 is 12.0. The van der Waals surface area contributed by atoms with Crippen molar-refractivity contribution >= 4 is 11.7 Å². The number of nitrogens with zero attached hydrogens (tertiary/aromatic N) is 1. The Morgan fingerprint density at radius 3 is 2.68 bits per heavy atom. The number of urea groups is 1. The van der Waals surface area contributed by atoms with E-state index in [0.29, 0.717) is 13.1 Å². The van der Waals surface area contributed by atoms with Gasteiger partial charge in [0.25, 0.3) is 0 Å². The van der Waals surface area contributed by atoms with E-state index in [0.717, 1.165) is 42.9 Å². The third-order valence-electron chi connectivity index (χ3n) is 6.02. The van der Waals surface area contributed by atoms with E-state index >= 15 is 0 Å². The van der Waals surface area contributed by atoms with Crippen molar-refractivity contribution in [3.05, 3.63) is 58.7 Å². The van der Waals surface area contributed by atoms with E-state index in [1.54, 1.807) is 7.11 Å². The van der Waals surface area contributed by atoms with E-state index in [1.807, 2.05) is 36.1 Å². The van der Waals surface area contributed by atoms with Gasteiger partial charge >= 0.3 is 6.03 Å². The molecule has 4 rings (SSSR count). The van der Waals surface area contributed by atoms with Gasteiger partial charge in [-0.15, -0.1) is 0 Å². The second-order valence-electron chi connectivity index (χ2n) is 7.82. The third kappa shape index (κ3) is 3.35. The van der Waals surface area contributed by atoms with Gasteiger partial charge in [0.15, 0.2) is 0 Å². The molecule has 2 aliphatic heterocycles. The lowest BCUT2D eigenvalue weighted by atomic mass is 9.79. The molecule has 2 aromatic rings. The molecule has 0 bridgehead atoms. The van der Waals surface area contributed by atoms with Crippen molar-refractivity contribution in [2.24, 2.45) is 0 Å². The zero-order chi connectivity index (χ0) is 19.7. The molecule has 1 saturated heterocycles. The topological polar surface area (TPSA) is 50.8 Å². The highest BCUT2D eigenvalue weighted by atomic mass is 16.5. The Morgan fingerprint density at radius 1 is 1.18 bits per heavy atom. The van der Waals surface area contributed by atoms with Crippen LogP contribution in [0.4, 0.5) is 10.5 Å². The van der Waals surface area contributed by atoms with Crippen LogP contribution in [0.2, 0.25) is 0 Å². The summed E-state index contributed by atoms with van der Waals surface area (Å²) in [7, 11) is 1.71. The number of carbonyl (C=O) groups is 1. The third-order valence-corrected chi connectivity index (χ3v) is 6.02. The van der Waals surface area contributed by atoms with Crippen LogP contribution < -0.4 is 10.1 Å². The molecule has 148 valence electrons. The molecule has 1 fully saturated rings. The summed E-state index contributed by atoms with van der Waals surface area (Å²) in [6.45, 7) is 6.11. The Kier molecular flexibility index (Phi) is 5.02. The molecule has 1 spiro atoms. The van der Waals surface area contributed by atoms with E-state index in [-0.39, 0.29) is 11.6 Å². The summed E-state index contributed by atoms with van der Waals surface area (Å²) in [6.07, 6.45) is 2.46. The Morgan fingerprint density at radius 2 is 1.96 bits per heavy atom. The minimum absolute atomic E-state index is 0.0436. The zero-order valence-corrected chi connectivity index (χ0v) is 16.9. The van der Waals surface area contributed by atoms with Crippen LogP contribution in [0.3, 0.4) is 0 Å². The standard InChI is InChI=1S/C23H28N2O3/c1-16-7-8-19(17(2)15-16)24-22(26)25-12-10-23(11-13-25)21-18(9-14-28-23)5-4-6-20(21)27-3/h4-8,15H,9-14H2,1-3H3,(H,24,26). The van der Waals surface area contributed by atoms with Crippen molar-refractivity contribution in [2.45, 2.75) is 38.7 Å². The van der Waals surface area contributed by atoms with Gasteiger partial charge < -0.3 is 19.7 Å². The van der Waals surface area contributed by atoms with Gasteiger partial charge in [0.1, 0.15) is 11.4 Å². The minimum Gasteiger partial charge on any atom is -0.496 e. The summed E-state index contributed by atoms with van der Waals surface area (Å²) in [4.78, 5) is 14.7. The Labute approximate surface area is 166 Å². The first kappa shape index (κ1) is 18.8. The molecule has 0 atom stereocenters. The van der Waals surface area contributed by atoms with Crippen molar-refractivity contribution in [3.8, 4) is 5.75 Å². The molecule has 5 heteroatoms. The highest BCUT2D eigenvalue weighted by Gasteiger charge is 2.43. The van der Waals surface area contributed by atoms with E-state index in [2.05, 4.69) is 24.4 Å². The van der Waals surface area contributed by atoms with Gasteiger partial charge in [-0.1, -0.05) is 29.8 Å². The number of benzene rings is 2. The number of hydrogen-bond acceptors (Lipinski definition) is 3. The molecule has 0 aliphatic carbocycles. The van der Waals surface area contributed by atoms with Crippen LogP contribution in [-0.4, -0.2) is 37.7 Å². The predicted octanol–water partition coefficient (Wildman–Crippen LogP) is 4.41. The lowest BCUT2D eigenvalue weighted by Gasteiger charge is -2.45. The highest BCUT2D eigenvalue weighted by molar-refractivity contribution is 5.90. The molecule has 2 heterocycles. The maximum Gasteiger partial charge on any atom is 0.321 e. The van der Waals surface area contributed by atoms with Crippen molar-refractivity contribution in [1.82, 2.24) is 4.90 Å². The first-order valence-corrected chi connectivity index (χ1v) is 9.96. The minimum atomic E-state index is -0.350. The van der Waals surface area contributed by atoms with Crippen LogP contribution in [-0.2, 0) is 16.8 Å². The van der Waals surface area contributed by atoms with Crippen molar-refractivity contribution in [1.29, 1.82) is 0 Å². The summed E-state index contributed by atoms with van der Waals surface area (Å²) in [5, 5.41) is 3.06. The highest BCUT2D eigenvalue weighted by Crippen LogP contribution is 2.45. The molecule has 5 nitrogen and oxygen atoms in total. The Hall–Kier alpha value is -2.53. The molecule has 0 saturated carbocycles. The van der Waals surface area contributed by atoms with Gasteiger partial charge in [-0.05, 0) is 56.4 Å². The van der Waals surface area contributed by atoms with Gasteiger partial charge in [-0.2, -0.15) is 0 Å². The second kappa shape index (κ2) is 7.47. The van der Waals surface area contributed by atoms with Crippen LogP contribution in [0.25, 0.3) is 0 Å². The SMILES string of the molecule is COc1cccc2c1C1(CCN(C(=O)Nc3ccc(C)cc3C)CC1)OCC2. The molecule has 0 unspecified atom stereocenters. The second-order valence-corrected chi connectivity index (χ2v) is 7.82. The number of nitrogens with one attached hydrogen (secondary N) is 1. The number of carbonyl (C=O) groups excluding carboxylic acids is 1. The first-order valence-electron chi connectivity index (χ1n) is 9.96. The average molecular weight is 380 g/mol. The molecule has 1 N–H and O–H groups in total. The van der Waals surface area contributed by atoms with Crippen molar-refractivity contribution < 1.29 is 14.3 Å². The molecular weight excluding hydrogens is 352 g/mol. The van der Waals surface area contributed by atoms with Gasteiger partial charge in [-0.25, -0.2) is 4.79 Å². The summed E-state index contributed by atoms with van der Waals surface area (Å²) >= 11 is 0. The number of piperidine rings is 1. The molecular formula is C23H28N2O3. The van der Waals surface area contributed by atoms with Crippen molar-refractivity contribution in [3.63, 3.8) is 0 Å². The van der Waals surface area contributed by atoms with E-state index in [1.165, 1.54) is 16.7 Å². The summed E-state index contributed by atoms with van der Waals surface area (Å²) in [5.74, 6) is 0.894. The Bertz CT molecular complexity index is 871. The number of aryl methyl sites for hydroxylation is 2. The number of methoxy groups -OCH3 is 1. The van der Waals surface area contributed by atoms with Crippen LogP contribution in [0.15, 0.2) is 36.4 Å². The van der Waals surface area contributed by atoms with E-state index < -0.39 is 0 Å². The van der Waals surface area contributed by atoms with E-state index in [9.17, 15) is 4.79 Å². The van der Waals surface area contributed by atoms with Crippen molar-refractivity contribution in [2.75, 3.05) is 32.1 Å². The van der Waals surface area contributed by atoms with Gasteiger partial charge in [0.05, 0.1) is 13.7 Å². The largest absolute Gasteiger partial charge is 0.496 e. The fourth-order valence-corrected chi connectivity index (χ4v) is 4.51. The zero-order valence-electron chi connectivity index (χ0n) is 16.9. The number of amides is 2. The monoisotopic (exact) mass is 380 g/mol. The molecule has 2 amide bonds. The first-order chi connectivity index (χ1) is 13.5. The molecule has 0 aromatic heterocycles. The lowest BCUT2D eigenvalue weighted by Crippen LogP contribution is -2.49. The summed E-state index contributed by atoms with van der Waals surface area (Å²) in [5.41, 5.74) is 5.28. The smallest absolute Gasteiger partial charge is 0.321 e. The maximum atomic E-state index is 12.8. The number of anilines is 1. The van der Waals surface area contributed by atoms with Crippen LogP contribution in [0, 0.1) is 13.8 Å². The molecule has 0 radical (unpaired) electrons. The fraction of sp³-hybridized carbons (Fsp3) is 0.435. The lowest BCUT2D eigenvalue weighted by molar-refractivity contribution is -0.0932. The maximum absolute atomic E-state index is 12.8. The van der Waals surface area contributed by atoms with Crippen LogP contribution in [0.5, 0.6) is 5.75 Å². The fourth-order valence-electron chi connectivity index (χ4n) is 4.51. The number of hydrogen-bond donors (Lipinski definition) is 1. The van der Waals surface area contributed by atoms with Crippen LogP contribution >= 0.6 is 0 Å². The number of ether oxygens (including phenoxy) is 2. The van der Waals surface area contributed by atoms with E-state index in [4.69, 9.17) is 9.47 Å². The predicted molar refractivity (Wildman–Crippen MR) is 110 cm³/mol. The number of rotatable bonds is 2. The summed E-state index contributed by atoms with van der Waals surface area (Å²) in [6, 6.07) is 12.3. The molecule has 2 aromatic carbocycles. The average Bonchev–Trinajstić information content (AvgIpc) is 2.70. The number of fused-ring (bicyclic) bond motifs is 2. The van der Waals surface area contributed by atoms with Gasteiger partial charge in [0.2, 0.25) is 0 Å². The van der Waals surface area contributed by atoms with Gasteiger partial charge in [-0.3, -0.25) is 0 Å². The normalized spacial score (nSPS) is 17.9. The Balaban J connectivity index is 1.49. The van der Waals surface area contributed by atoms with Gasteiger partial charge in [0, 0.05) is 24.3 Å². The quantitative estimate of drug-likeness (QED) is 0.840.